The summed E-state index contributed by atoms with van der Waals surface area (Å²) in [5, 5.41) is 0.921. The largest absolute Gasteiger partial charge is 0.334 e. The van der Waals surface area contributed by atoms with Crippen LogP contribution in [0.25, 0.3) is 10.9 Å². The molecule has 1 aliphatic rings. The summed E-state index contributed by atoms with van der Waals surface area (Å²) in [6.07, 6.45) is 6.11. The van der Waals surface area contributed by atoms with Crippen molar-refractivity contribution in [2.75, 3.05) is 13.1 Å². The first-order valence-corrected chi connectivity index (χ1v) is 7.66. The predicted octanol–water partition coefficient (Wildman–Crippen LogP) is 2.58. The van der Waals surface area contributed by atoms with Crippen molar-refractivity contribution < 1.29 is 4.79 Å². The van der Waals surface area contributed by atoms with Crippen molar-refractivity contribution in [1.29, 1.82) is 0 Å². The third kappa shape index (κ3) is 2.76. The van der Waals surface area contributed by atoms with Gasteiger partial charge >= 0.3 is 0 Å². The van der Waals surface area contributed by atoms with Gasteiger partial charge in [0.15, 0.2) is 0 Å². The number of aromatic nitrogens is 1. The van der Waals surface area contributed by atoms with E-state index in [9.17, 15) is 4.79 Å². The second-order valence-electron chi connectivity index (χ2n) is 5.61. The van der Waals surface area contributed by atoms with Gasteiger partial charge in [0.25, 0.3) is 5.91 Å². The summed E-state index contributed by atoms with van der Waals surface area (Å²) >= 11 is 0. The van der Waals surface area contributed by atoms with E-state index in [2.05, 4.69) is 4.98 Å². The van der Waals surface area contributed by atoms with E-state index in [1.165, 1.54) is 6.42 Å². The van der Waals surface area contributed by atoms with Crippen LogP contribution in [0.2, 0.25) is 0 Å². The standard InChI is InChI=1S/C17H21N3O/c18-12-13-6-2-1-5-11-20(13)17(21)15-9-10-19-16-8-4-3-7-14(15)16/h3-4,7-10,13H,1-2,5-6,11-12,18H2. The van der Waals surface area contributed by atoms with E-state index in [-0.39, 0.29) is 11.9 Å². The highest BCUT2D eigenvalue weighted by atomic mass is 16.2. The molecule has 1 amide bonds. The fourth-order valence-corrected chi connectivity index (χ4v) is 3.13. The minimum absolute atomic E-state index is 0.0888. The van der Waals surface area contributed by atoms with Crippen LogP contribution in [-0.4, -0.2) is 34.9 Å². The highest BCUT2D eigenvalue weighted by Gasteiger charge is 2.26. The van der Waals surface area contributed by atoms with Gasteiger partial charge in [0, 0.05) is 30.7 Å². The van der Waals surface area contributed by atoms with Crippen molar-refractivity contribution in [3.8, 4) is 0 Å². The van der Waals surface area contributed by atoms with Crippen LogP contribution in [0, 0.1) is 0 Å². The van der Waals surface area contributed by atoms with E-state index in [1.54, 1.807) is 6.20 Å². The molecule has 0 saturated carbocycles. The van der Waals surface area contributed by atoms with Crippen LogP contribution in [0.1, 0.15) is 36.0 Å². The molecule has 21 heavy (non-hydrogen) atoms. The van der Waals surface area contributed by atoms with Gasteiger partial charge < -0.3 is 10.6 Å². The molecule has 1 unspecified atom stereocenters. The third-order valence-electron chi connectivity index (χ3n) is 4.29. The number of nitrogens with zero attached hydrogens (tertiary/aromatic N) is 2. The summed E-state index contributed by atoms with van der Waals surface area (Å²) in [5.74, 6) is 0.0888. The first-order chi connectivity index (χ1) is 10.3. The van der Waals surface area contributed by atoms with Crippen LogP contribution in [0.3, 0.4) is 0 Å². The van der Waals surface area contributed by atoms with E-state index in [4.69, 9.17) is 5.73 Å². The van der Waals surface area contributed by atoms with Gasteiger partial charge in [-0.05, 0) is 25.0 Å². The molecule has 0 bridgehead atoms. The molecule has 0 radical (unpaired) electrons. The number of pyridine rings is 1. The second kappa shape index (κ2) is 6.22. The van der Waals surface area contributed by atoms with Crippen molar-refractivity contribution >= 4 is 16.8 Å². The Balaban J connectivity index is 1.99. The zero-order chi connectivity index (χ0) is 14.7. The number of amides is 1. The lowest BCUT2D eigenvalue weighted by atomic mass is 10.1. The maximum Gasteiger partial charge on any atom is 0.254 e. The summed E-state index contributed by atoms with van der Waals surface area (Å²) < 4.78 is 0. The number of hydrogen-bond donors (Lipinski definition) is 1. The summed E-state index contributed by atoms with van der Waals surface area (Å²) in [5.41, 5.74) is 7.49. The molecule has 2 N–H and O–H groups in total. The van der Waals surface area contributed by atoms with Crippen molar-refractivity contribution in [2.24, 2.45) is 5.73 Å². The molecule has 1 aromatic carbocycles. The molecule has 1 aliphatic heterocycles. The lowest BCUT2D eigenvalue weighted by molar-refractivity contribution is 0.0691. The number of fused-ring (bicyclic) bond motifs is 1. The minimum Gasteiger partial charge on any atom is -0.334 e. The molecule has 1 atom stereocenters. The number of para-hydroxylation sites is 1. The van der Waals surface area contributed by atoms with E-state index in [1.807, 2.05) is 35.2 Å². The normalized spacial score (nSPS) is 19.5. The van der Waals surface area contributed by atoms with Crippen LogP contribution in [-0.2, 0) is 0 Å². The number of benzene rings is 1. The van der Waals surface area contributed by atoms with Gasteiger partial charge in [-0.3, -0.25) is 9.78 Å². The molecule has 1 fully saturated rings. The average Bonchev–Trinajstić information content (AvgIpc) is 2.79. The van der Waals surface area contributed by atoms with Crippen molar-refractivity contribution in [3.05, 3.63) is 42.1 Å². The number of rotatable bonds is 2. The molecule has 2 aromatic rings. The summed E-state index contributed by atoms with van der Waals surface area (Å²) in [7, 11) is 0. The Labute approximate surface area is 125 Å². The molecule has 0 aliphatic carbocycles. The van der Waals surface area contributed by atoms with Crippen molar-refractivity contribution in [2.45, 2.75) is 31.7 Å². The van der Waals surface area contributed by atoms with Crippen LogP contribution >= 0.6 is 0 Å². The van der Waals surface area contributed by atoms with Crippen LogP contribution in [0.15, 0.2) is 36.5 Å². The Morgan fingerprint density at radius 2 is 2.10 bits per heavy atom. The van der Waals surface area contributed by atoms with Gasteiger partial charge in [-0.15, -0.1) is 0 Å². The smallest absolute Gasteiger partial charge is 0.254 e. The highest BCUT2D eigenvalue weighted by molar-refractivity contribution is 6.06. The fraction of sp³-hybridized carbons (Fsp3) is 0.412. The average molecular weight is 283 g/mol. The fourth-order valence-electron chi connectivity index (χ4n) is 3.13. The Morgan fingerprint density at radius 1 is 1.24 bits per heavy atom. The summed E-state index contributed by atoms with van der Waals surface area (Å²) in [6.45, 7) is 1.34. The Bertz CT molecular complexity index is 635. The Hall–Kier alpha value is -1.94. The van der Waals surface area contributed by atoms with Crippen molar-refractivity contribution in [3.63, 3.8) is 0 Å². The number of nitrogens with two attached hydrogens (primary N) is 1. The maximum atomic E-state index is 13.0. The van der Waals surface area contributed by atoms with E-state index in [0.29, 0.717) is 6.54 Å². The van der Waals surface area contributed by atoms with E-state index in [0.717, 1.165) is 42.3 Å². The molecule has 4 heteroatoms. The molecule has 1 saturated heterocycles. The first kappa shape index (κ1) is 14.0. The third-order valence-corrected chi connectivity index (χ3v) is 4.29. The molecule has 2 heterocycles. The van der Waals surface area contributed by atoms with Crippen LogP contribution in [0.4, 0.5) is 0 Å². The van der Waals surface area contributed by atoms with E-state index < -0.39 is 0 Å². The molecule has 1 aromatic heterocycles. The first-order valence-electron chi connectivity index (χ1n) is 7.66. The number of carbonyl (C=O) groups excluding carboxylic acids is 1. The van der Waals surface area contributed by atoms with Crippen molar-refractivity contribution in [1.82, 2.24) is 9.88 Å². The minimum atomic E-state index is 0.0888. The van der Waals surface area contributed by atoms with Gasteiger partial charge in [-0.1, -0.05) is 31.0 Å². The molecular weight excluding hydrogens is 262 g/mol. The molecular formula is C17H21N3O. The monoisotopic (exact) mass is 283 g/mol. The lowest BCUT2D eigenvalue weighted by Crippen LogP contribution is -2.44. The topological polar surface area (TPSA) is 59.2 Å². The second-order valence-corrected chi connectivity index (χ2v) is 5.61. The SMILES string of the molecule is NCC1CCCCCN1C(=O)c1ccnc2ccccc12. The maximum absolute atomic E-state index is 13.0. The highest BCUT2D eigenvalue weighted by Crippen LogP contribution is 2.22. The van der Waals surface area contributed by atoms with Gasteiger partial charge in [0.1, 0.15) is 0 Å². The Morgan fingerprint density at radius 3 is 2.95 bits per heavy atom. The number of hydrogen-bond acceptors (Lipinski definition) is 3. The Kier molecular flexibility index (Phi) is 4.15. The summed E-state index contributed by atoms with van der Waals surface area (Å²) in [4.78, 5) is 19.3. The molecule has 3 rings (SSSR count). The zero-order valence-corrected chi connectivity index (χ0v) is 12.2. The number of carbonyl (C=O) groups is 1. The van der Waals surface area contributed by atoms with Gasteiger partial charge in [0.05, 0.1) is 11.1 Å². The molecule has 4 nitrogen and oxygen atoms in total. The number of likely N-dealkylation sites (tertiary alicyclic amines) is 1. The van der Waals surface area contributed by atoms with E-state index >= 15 is 0 Å². The lowest BCUT2D eigenvalue weighted by Gasteiger charge is -2.29. The van der Waals surface area contributed by atoms with Crippen LogP contribution in [0.5, 0.6) is 0 Å². The van der Waals surface area contributed by atoms with Crippen LogP contribution < -0.4 is 5.73 Å². The van der Waals surface area contributed by atoms with Gasteiger partial charge in [0.2, 0.25) is 0 Å². The predicted molar refractivity (Wildman–Crippen MR) is 84.1 cm³/mol. The zero-order valence-electron chi connectivity index (χ0n) is 12.2. The van der Waals surface area contributed by atoms with Gasteiger partial charge in [-0.2, -0.15) is 0 Å². The quantitative estimate of drug-likeness (QED) is 0.921. The molecule has 110 valence electrons. The van der Waals surface area contributed by atoms with Gasteiger partial charge in [-0.25, -0.2) is 0 Å². The molecule has 0 spiro atoms. The summed E-state index contributed by atoms with van der Waals surface area (Å²) in [6, 6.07) is 9.78.